The van der Waals surface area contributed by atoms with Gasteiger partial charge in [0.15, 0.2) is 0 Å². The summed E-state index contributed by atoms with van der Waals surface area (Å²) in [7, 11) is 0. The first-order valence-electron chi connectivity index (χ1n) is 7.64. The zero-order chi connectivity index (χ0) is 17.3. The second-order valence-electron chi connectivity index (χ2n) is 5.57. The zero-order valence-electron chi connectivity index (χ0n) is 14.0. The molecule has 7 heteroatoms. The van der Waals surface area contributed by atoms with Crippen LogP contribution < -0.4 is 5.32 Å². The third-order valence-corrected chi connectivity index (χ3v) is 3.45. The topological polar surface area (TPSA) is 90.1 Å². The van der Waals surface area contributed by atoms with Crippen LogP contribution in [0.1, 0.15) is 34.4 Å². The molecular formula is C17H18N4O3. The van der Waals surface area contributed by atoms with Gasteiger partial charge in [0.2, 0.25) is 5.82 Å². The van der Waals surface area contributed by atoms with Crippen molar-refractivity contribution in [1.82, 2.24) is 15.1 Å². The molecule has 0 atom stereocenters. The fraction of sp³-hybridized carbons (Fsp3) is 0.294. The van der Waals surface area contributed by atoms with E-state index in [-0.39, 0.29) is 18.1 Å². The summed E-state index contributed by atoms with van der Waals surface area (Å²) >= 11 is 0. The number of carbonyl (C=O) groups is 1. The first-order chi connectivity index (χ1) is 11.5. The fourth-order valence-corrected chi connectivity index (χ4v) is 2.55. The lowest BCUT2D eigenvalue weighted by molar-refractivity contribution is 0.0512. The third kappa shape index (κ3) is 3.05. The Labute approximate surface area is 139 Å². The van der Waals surface area contributed by atoms with Gasteiger partial charge in [0.25, 0.3) is 5.71 Å². The van der Waals surface area contributed by atoms with Crippen LogP contribution in [0.5, 0.6) is 0 Å². The number of aromatic nitrogens is 3. The van der Waals surface area contributed by atoms with Crippen LogP contribution in [0.4, 0.5) is 11.5 Å². The maximum Gasteiger partial charge on any atom is 0.376 e. The molecule has 0 aliphatic rings. The fourth-order valence-electron chi connectivity index (χ4n) is 2.55. The molecule has 0 saturated carbocycles. The average Bonchev–Trinajstić information content (AvgIpc) is 2.88. The molecule has 2 heterocycles. The number of anilines is 2. The molecule has 0 spiro atoms. The summed E-state index contributed by atoms with van der Waals surface area (Å²) in [5, 5.41) is 7.78. The molecule has 0 amide bonds. The lowest BCUT2D eigenvalue weighted by Crippen LogP contribution is -2.11. The number of carbonyl (C=O) groups excluding carboxylic acids is 1. The minimum atomic E-state index is -0.600. The minimum absolute atomic E-state index is 0.0626. The van der Waals surface area contributed by atoms with Gasteiger partial charge >= 0.3 is 5.97 Å². The second-order valence-corrected chi connectivity index (χ2v) is 5.57. The van der Waals surface area contributed by atoms with Crippen LogP contribution in [-0.4, -0.2) is 27.7 Å². The highest BCUT2D eigenvalue weighted by Gasteiger charge is 2.19. The monoisotopic (exact) mass is 326 g/mol. The van der Waals surface area contributed by atoms with Crippen molar-refractivity contribution in [2.75, 3.05) is 11.9 Å². The van der Waals surface area contributed by atoms with Crippen molar-refractivity contribution in [3.8, 4) is 0 Å². The van der Waals surface area contributed by atoms with Gasteiger partial charge in [-0.15, -0.1) is 0 Å². The molecule has 0 fully saturated rings. The van der Waals surface area contributed by atoms with E-state index in [1.54, 1.807) is 13.8 Å². The molecule has 24 heavy (non-hydrogen) atoms. The maximum atomic E-state index is 12.0. The third-order valence-electron chi connectivity index (χ3n) is 3.45. The Morgan fingerprint density at radius 2 is 1.88 bits per heavy atom. The molecule has 0 unspecified atom stereocenters. The number of aryl methyl sites for hydroxylation is 3. The maximum absolute atomic E-state index is 12.0. The molecule has 0 saturated heterocycles. The van der Waals surface area contributed by atoms with Crippen molar-refractivity contribution < 1.29 is 14.1 Å². The number of fused-ring (bicyclic) bond motifs is 1. The van der Waals surface area contributed by atoms with Crippen molar-refractivity contribution in [1.29, 1.82) is 0 Å². The van der Waals surface area contributed by atoms with Gasteiger partial charge in [-0.2, -0.15) is 4.98 Å². The number of benzene rings is 1. The highest BCUT2D eigenvalue weighted by Crippen LogP contribution is 2.27. The predicted molar refractivity (Wildman–Crippen MR) is 89.5 cm³/mol. The van der Waals surface area contributed by atoms with Crippen LogP contribution >= 0.6 is 0 Å². The van der Waals surface area contributed by atoms with Crippen LogP contribution in [0.15, 0.2) is 22.7 Å². The van der Waals surface area contributed by atoms with Gasteiger partial charge in [-0.25, -0.2) is 9.78 Å². The molecule has 0 bridgehead atoms. The molecule has 7 nitrogen and oxygen atoms in total. The normalized spacial score (nSPS) is 10.8. The van der Waals surface area contributed by atoms with Crippen molar-refractivity contribution in [3.63, 3.8) is 0 Å². The molecule has 0 aliphatic carbocycles. The number of rotatable bonds is 4. The number of hydrogen-bond acceptors (Lipinski definition) is 7. The summed E-state index contributed by atoms with van der Waals surface area (Å²) in [6.07, 6.45) is 0. The largest absolute Gasteiger partial charge is 0.460 e. The molecule has 1 N–H and O–H groups in total. The smallest absolute Gasteiger partial charge is 0.376 e. The van der Waals surface area contributed by atoms with Crippen LogP contribution in [-0.2, 0) is 4.74 Å². The first-order valence-corrected chi connectivity index (χ1v) is 7.64. The molecule has 0 radical (unpaired) electrons. The number of ether oxygens (including phenoxy) is 1. The van der Waals surface area contributed by atoms with E-state index in [9.17, 15) is 4.79 Å². The van der Waals surface area contributed by atoms with E-state index in [2.05, 4.69) is 26.5 Å². The van der Waals surface area contributed by atoms with Crippen molar-refractivity contribution >= 4 is 28.6 Å². The summed E-state index contributed by atoms with van der Waals surface area (Å²) < 4.78 is 10.2. The van der Waals surface area contributed by atoms with Gasteiger partial charge in [0.05, 0.1) is 12.3 Å². The summed E-state index contributed by atoms with van der Waals surface area (Å²) in [5.74, 6) is -0.198. The van der Waals surface area contributed by atoms with Crippen LogP contribution in [0.3, 0.4) is 0 Å². The number of nitrogens with zero attached hydrogens (tertiary/aromatic N) is 3. The Kier molecular flexibility index (Phi) is 4.16. The Bertz CT molecular complexity index is 897. The van der Waals surface area contributed by atoms with Gasteiger partial charge in [-0.05, 0) is 51.0 Å². The molecule has 0 aliphatic heterocycles. The van der Waals surface area contributed by atoms with Gasteiger partial charge in [0, 0.05) is 5.69 Å². The van der Waals surface area contributed by atoms with E-state index < -0.39 is 5.97 Å². The minimum Gasteiger partial charge on any atom is -0.460 e. The van der Waals surface area contributed by atoms with Crippen molar-refractivity contribution in [2.24, 2.45) is 0 Å². The highest BCUT2D eigenvalue weighted by atomic mass is 16.5. The number of nitrogens with one attached hydrogen (secondary N) is 1. The molecular weight excluding hydrogens is 308 g/mol. The Hall–Kier alpha value is -2.96. The summed E-state index contributed by atoms with van der Waals surface area (Å²) in [5.41, 5.74) is 4.00. The van der Waals surface area contributed by atoms with E-state index in [1.807, 2.05) is 26.0 Å². The van der Waals surface area contributed by atoms with Crippen molar-refractivity contribution in [3.05, 3.63) is 40.8 Å². The lowest BCUT2D eigenvalue weighted by Gasteiger charge is -2.10. The first kappa shape index (κ1) is 15.9. The predicted octanol–water partition coefficient (Wildman–Crippen LogP) is 3.46. The quantitative estimate of drug-likeness (QED) is 0.734. The standard InChI is InChI=1S/C17H18N4O3/c1-5-23-17(22)15-19-14(13-11(4)21-24-16(13)20-15)18-12-7-9(2)6-10(3)8-12/h6-8H,5H2,1-4H3,(H,18,19,20). The Balaban J connectivity index is 2.10. The van der Waals surface area contributed by atoms with E-state index in [4.69, 9.17) is 9.26 Å². The van der Waals surface area contributed by atoms with Gasteiger partial charge in [0.1, 0.15) is 11.2 Å². The Morgan fingerprint density at radius 1 is 1.17 bits per heavy atom. The van der Waals surface area contributed by atoms with Crippen LogP contribution in [0, 0.1) is 20.8 Å². The molecule has 2 aromatic heterocycles. The van der Waals surface area contributed by atoms with E-state index in [1.165, 1.54) is 0 Å². The SMILES string of the molecule is CCOC(=O)c1nc(Nc2cc(C)cc(C)c2)c2c(C)noc2n1. The second kappa shape index (κ2) is 6.27. The molecule has 3 rings (SSSR count). The average molecular weight is 326 g/mol. The number of esters is 1. The van der Waals surface area contributed by atoms with Crippen molar-refractivity contribution in [2.45, 2.75) is 27.7 Å². The highest BCUT2D eigenvalue weighted by molar-refractivity contribution is 5.94. The molecule has 3 aromatic rings. The number of hydrogen-bond donors (Lipinski definition) is 1. The lowest BCUT2D eigenvalue weighted by atomic mass is 10.1. The molecule has 1 aromatic carbocycles. The van der Waals surface area contributed by atoms with E-state index in [0.717, 1.165) is 16.8 Å². The van der Waals surface area contributed by atoms with Crippen LogP contribution in [0.2, 0.25) is 0 Å². The van der Waals surface area contributed by atoms with Gasteiger partial charge < -0.3 is 14.6 Å². The summed E-state index contributed by atoms with van der Waals surface area (Å²) in [4.78, 5) is 20.4. The summed E-state index contributed by atoms with van der Waals surface area (Å²) in [6.45, 7) is 7.80. The molecule has 124 valence electrons. The van der Waals surface area contributed by atoms with E-state index in [0.29, 0.717) is 16.9 Å². The van der Waals surface area contributed by atoms with Gasteiger partial charge in [-0.3, -0.25) is 0 Å². The van der Waals surface area contributed by atoms with Gasteiger partial charge in [-0.1, -0.05) is 11.2 Å². The zero-order valence-corrected chi connectivity index (χ0v) is 14.0. The Morgan fingerprint density at radius 3 is 2.54 bits per heavy atom. The van der Waals surface area contributed by atoms with E-state index >= 15 is 0 Å². The summed E-state index contributed by atoms with van der Waals surface area (Å²) in [6, 6.07) is 6.07. The van der Waals surface area contributed by atoms with Crippen LogP contribution in [0.25, 0.3) is 11.1 Å².